The minimum atomic E-state index is -0.423. The summed E-state index contributed by atoms with van der Waals surface area (Å²) in [6.07, 6.45) is 0.862. The van der Waals surface area contributed by atoms with Gasteiger partial charge in [-0.3, -0.25) is 10.1 Å². The summed E-state index contributed by atoms with van der Waals surface area (Å²) in [5.41, 5.74) is 6.54. The van der Waals surface area contributed by atoms with Crippen molar-refractivity contribution in [3.8, 4) is 0 Å². The quantitative estimate of drug-likeness (QED) is 0.603. The van der Waals surface area contributed by atoms with E-state index in [1.807, 2.05) is 0 Å². The molecule has 0 heterocycles. The Morgan fingerprint density at radius 3 is 2.71 bits per heavy atom. The summed E-state index contributed by atoms with van der Waals surface area (Å²) >= 11 is 5.92. The Morgan fingerprint density at radius 2 is 2.21 bits per heavy atom. The first kappa shape index (κ1) is 9.43. The number of benzene rings is 1. The van der Waals surface area contributed by atoms with Gasteiger partial charge in [-0.05, 0) is 18.1 Å². The molecule has 0 aromatic heterocycles. The summed E-state index contributed by atoms with van der Waals surface area (Å²) in [6, 6.07) is 4.58. The van der Waals surface area contributed by atoms with E-state index in [4.69, 9.17) is 17.3 Å². The van der Waals surface area contributed by atoms with Gasteiger partial charge in [0.2, 0.25) is 0 Å². The Hall–Kier alpha value is -1.13. The lowest BCUT2D eigenvalue weighted by molar-refractivity contribution is -0.384. The lowest BCUT2D eigenvalue weighted by Crippen LogP contribution is -2.01. The molecule has 0 radical (unpaired) electrons. The van der Waals surface area contributed by atoms with Crippen LogP contribution in [0.5, 0.6) is 0 Å². The Balaban J connectivity index is 2.38. The molecule has 1 aliphatic rings. The topological polar surface area (TPSA) is 69.2 Å². The molecule has 1 aliphatic carbocycles. The number of non-ortho nitro benzene ring substituents is 1. The summed E-state index contributed by atoms with van der Waals surface area (Å²) in [7, 11) is 0. The van der Waals surface area contributed by atoms with Gasteiger partial charge in [0.25, 0.3) is 5.69 Å². The van der Waals surface area contributed by atoms with Crippen LogP contribution in [0.25, 0.3) is 0 Å². The minimum Gasteiger partial charge on any atom is -0.327 e. The fourth-order valence-corrected chi connectivity index (χ4v) is 1.76. The van der Waals surface area contributed by atoms with E-state index in [-0.39, 0.29) is 17.6 Å². The van der Waals surface area contributed by atoms with E-state index < -0.39 is 4.92 Å². The third-order valence-corrected chi connectivity index (χ3v) is 2.77. The molecule has 14 heavy (non-hydrogen) atoms. The van der Waals surface area contributed by atoms with Crippen LogP contribution in [0, 0.1) is 10.1 Å². The number of nitrogens with zero attached hydrogens (tertiary/aromatic N) is 1. The molecular formula is C9H9ClN2O2. The Kier molecular flexibility index (Phi) is 2.17. The van der Waals surface area contributed by atoms with Gasteiger partial charge >= 0.3 is 0 Å². The lowest BCUT2D eigenvalue weighted by Gasteiger charge is -2.01. The highest BCUT2D eigenvalue weighted by atomic mass is 35.5. The van der Waals surface area contributed by atoms with Gasteiger partial charge in [0.15, 0.2) is 0 Å². The first-order chi connectivity index (χ1) is 6.59. The third kappa shape index (κ3) is 1.58. The van der Waals surface area contributed by atoms with Gasteiger partial charge < -0.3 is 5.73 Å². The van der Waals surface area contributed by atoms with E-state index in [1.54, 1.807) is 6.07 Å². The van der Waals surface area contributed by atoms with E-state index in [1.165, 1.54) is 12.1 Å². The van der Waals surface area contributed by atoms with Gasteiger partial charge in [0, 0.05) is 29.1 Å². The van der Waals surface area contributed by atoms with Crippen LogP contribution in [-0.2, 0) is 0 Å². The van der Waals surface area contributed by atoms with Crippen molar-refractivity contribution in [1.29, 1.82) is 0 Å². The van der Waals surface area contributed by atoms with E-state index in [0.717, 1.165) is 12.0 Å². The minimum absolute atomic E-state index is 0.0727. The first-order valence-corrected chi connectivity index (χ1v) is 4.67. The maximum atomic E-state index is 10.5. The number of rotatable bonds is 2. The monoisotopic (exact) mass is 212 g/mol. The van der Waals surface area contributed by atoms with E-state index in [9.17, 15) is 10.1 Å². The predicted octanol–water partition coefficient (Wildman–Crippen LogP) is 2.06. The molecule has 74 valence electrons. The molecule has 0 bridgehead atoms. The molecule has 0 saturated heterocycles. The summed E-state index contributed by atoms with van der Waals surface area (Å²) in [5, 5.41) is 11.1. The highest BCUT2D eigenvalue weighted by Crippen LogP contribution is 2.43. The van der Waals surface area contributed by atoms with Gasteiger partial charge in [-0.1, -0.05) is 11.6 Å². The fourth-order valence-electron chi connectivity index (χ4n) is 1.50. The van der Waals surface area contributed by atoms with Crippen molar-refractivity contribution in [2.45, 2.75) is 18.4 Å². The van der Waals surface area contributed by atoms with Gasteiger partial charge in [0.05, 0.1) is 4.92 Å². The molecule has 1 aromatic carbocycles. The molecule has 1 aromatic rings. The van der Waals surface area contributed by atoms with Crippen LogP contribution in [0.3, 0.4) is 0 Å². The molecule has 2 N–H and O–H groups in total. The Bertz CT molecular complexity index is 394. The van der Waals surface area contributed by atoms with Crippen LogP contribution in [-0.4, -0.2) is 11.0 Å². The number of nitro groups is 1. The van der Waals surface area contributed by atoms with Crippen LogP contribution in [0.4, 0.5) is 5.69 Å². The average Bonchev–Trinajstić information content (AvgIpc) is 2.83. The highest BCUT2D eigenvalue weighted by molar-refractivity contribution is 6.31. The van der Waals surface area contributed by atoms with Crippen LogP contribution in [0.2, 0.25) is 5.02 Å². The normalized spacial score (nSPS) is 24.7. The van der Waals surface area contributed by atoms with Crippen molar-refractivity contribution < 1.29 is 4.92 Å². The summed E-state index contributed by atoms with van der Waals surface area (Å²) in [6.45, 7) is 0. The zero-order chi connectivity index (χ0) is 10.3. The number of nitro benzene ring substituents is 1. The zero-order valence-corrected chi connectivity index (χ0v) is 8.07. The van der Waals surface area contributed by atoms with Crippen LogP contribution >= 0.6 is 11.6 Å². The molecule has 2 unspecified atom stereocenters. The molecule has 2 rings (SSSR count). The number of hydrogen-bond acceptors (Lipinski definition) is 3. The SMILES string of the molecule is NC1CC1c1cc([N+](=O)[O-])ccc1Cl. The van der Waals surface area contributed by atoms with Crippen molar-refractivity contribution in [2.75, 3.05) is 0 Å². The second-order valence-corrected chi connectivity index (χ2v) is 3.88. The van der Waals surface area contributed by atoms with Crippen LogP contribution < -0.4 is 5.73 Å². The molecule has 0 spiro atoms. The van der Waals surface area contributed by atoms with E-state index in [2.05, 4.69) is 0 Å². The fraction of sp³-hybridized carbons (Fsp3) is 0.333. The lowest BCUT2D eigenvalue weighted by atomic mass is 10.1. The van der Waals surface area contributed by atoms with Gasteiger partial charge in [-0.25, -0.2) is 0 Å². The molecule has 0 aliphatic heterocycles. The molecule has 1 saturated carbocycles. The van der Waals surface area contributed by atoms with Crippen LogP contribution in [0.15, 0.2) is 18.2 Å². The maximum absolute atomic E-state index is 10.5. The number of nitrogens with two attached hydrogens (primary N) is 1. The van der Waals surface area contributed by atoms with Crippen molar-refractivity contribution in [2.24, 2.45) is 5.73 Å². The Labute approximate surface area is 85.8 Å². The van der Waals surface area contributed by atoms with Gasteiger partial charge in [0.1, 0.15) is 0 Å². The summed E-state index contributed by atoms with van der Waals surface area (Å²) in [5.74, 6) is 0.197. The first-order valence-electron chi connectivity index (χ1n) is 4.29. The zero-order valence-electron chi connectivity index (χ0n) is 7.31. The molecule has 0 amide bonds. The molecule has 2 atom stereocenters. The van der Waals surface area contributed by atoms with Crippen molar-refractivity contribution in [3.05, 3.63) is 38.9 Å². The summed E-state index contributed by atoms with van der Waals surface area (Å²) in [4.78, 5) is 10.1. The van der Waals surface area contributed by atoms with Crippen molar-refractivity contribution in [1.82, 2.24) is 0 Å². The van der Waals surface area contributed by atoms with Gasteiger partial charge in [-0.2, -0.15) is 0 Å². The second-order valence-electron chi connectivity index (χ2n) is 3.47. The predicted molar refractivity (Wildman–Crippen MR) is 53.4 cm³/mol. The van der Waals surface area contributed by atoms with Gasteiger partial charge in [-0.15, -0.1) is 0 Å². The van der Waals surface area contributed by atoms with Crippen molar-refractivity contribution in [3.63, 3.8) is 0 Å². The second kappa shape index (κ2) is 3.22. The van der Waals surface area contributed by atoms with E-state index >= 15 is 0 Å². The largest absolute Gasteiger partial charge is 0.327 e. The molecular weight excluding hydrogens is 204 g/mol. The van der Waals surface area contributed by atoms with Crippen molar-refractivity contribution >= 4 is 17.3 Å². The number of halogens is 1. The standard InChI is InChI=1S/C9H9ClN2O2/c10-8-2-1-5(12(13)14)3-6(8)7-4-9(7)11/h1-3,7,9H,4,11H2. The molecule has 1 fully saturated rings. The average molecular weight is 213 g/mol. The third-order valence-electron chi connectivity index (χ3n) is 2.43. The summed E-state index contributed by atoms with van der Waals surface area (Å²) < 4.78 is 0. The molecule has 5 heteroatoms. The Morgan fingerprint density at radius 1 is 1.57 bits per heavy atom. The smallest absolute Gasteiger partial charge is 0.269 e. The highest BCUT2D eigenvalue weighted by Gasteiger charge is 2.37. The van der Waals surface area contributed by atoms with E-state index in [0.29, 0.717) is 5.02 Å². The van der Waals surface area contributed by atoms with Crippen LogP contribution in [0.1, 0.15) is 17.9 Å². The maximum Gasteiger partial charge on any atom is 0.269 e. The molecule has 4 nitrogen and oxygen atoms in total. The number of hydrogen-bond donors (Lipinski definition) is 1.